The molecule has 1 saturated carbocycles. The van der Waals surface area contributed by atoms with Gasteiger partial charge in [-0.2, -0.15) is 5.10 Å². The Kier molecular flexibility index (Phi) is 3.77. The van der Waals surface area contributed by atoms with Crippen LogP contribution in [-0.4, -0.2) is 29.7 Å². The van der Waals surface area contributed by atoms with Crippen LogP contribution >= 0.6 is 0 Å². The highest BCUT2D eigenvalue weighted by Gasteiger charge is 2.30. The molecule has 0 amide bonds. The fourth-order valence-electron chi connectivity index (χ4n) is 2.66. The zero-order valence-corrected chi connectivity index (χ0v) is 11.8. The Morgan fingerprint density at radius 2 is 2.22 bits per heavy atom. The van der Waals surface area contributed by atoms with Gasteiger partial charge in [-0.1, -0.05) is 6.42 Å². The van der Waals surface area contributed by atoms with Crippen LogP contribution in [-0.2, 0) is 16.4 Å². The van der Waals surface area contributed by atoms with Crippen molar-refractivity contribution < 1.29 is 8.42 Å². The molecule has 2 N–H and O–H groups in total. The van der Waals surface area contributed by atoms with Crippen LogP contribution < -0.4 is 5.73 Å². The molecule has 1 fully saturated rings. The van der Waals surface area contributed by atoms with Crippen molar-refractivity contribution in [2.24, 2.45) is 5.73 Å². The van der Waals surface area contributed by atoms with Crippen LogP contribution in [0.5, 0.6) is 0 Å². The van der Waals surface area contributed by atoms with Crippen molar-refractivity contribution in [1.29, 1.82) is 0 Å². The molecular weight excluding hydrogens is 250 g/mol. The molecule has 102 valence electrons. The summed E-state index contributed by atoms with van der Waals surface area (Å²) in [6, 6.07) is 0.192. The molecule has 0 spiro atoms. The van der Waals surface area contributed by atoms with E-state index in [0.29, 0.717) is 13.0 Å². The second-order valence-electron chi connectivity index (χ2n) is 5.20. The maximum absolute atomic E-state index is 11.6. The molecule has 2 rings (SSSR count). The molecule has 1 aromatic heterocycles. The Morgan fingerprint density at radius 3 is 2.78 bits per heavy atom. The van der Waals surface area contributed by atoms with E-state index in [9.17, 15) is 8.42 Å². The van der Waals surface area contributed by atoms with Crippen molar-refractivity contribution in [1.82, 2.24) is 9.78 Å². The fraction of sp³-hybridized carbons (Fsp3) is 0.750. The van der Waals surface area contributed by atoms with Crippen LogP contribution in [0.25, 0.3) is 0 Å². The number of sulfone groups is 1. The summed E-state index contributed by atoms with van der Waals surface area (Å²) in [7, 11) is -2.94. The monoisotopic (exact) mass is 271 g/mol. The number of aromatic nitrogens is 2. The van der Waals surface area contributed by atoms with Gasteiger partial charge < -0.3 is 5.73 Å². The van der Waals surface area contributed by atoms with Gasteiger partial charge in [0.1, 0.15) is 9.84 Å². The van der Waals surface area contributed by atoms with Gasteiger partial charge in [0.25, 0.3) is 0 Å². The SMILES string of the molecule is Cc1nn(C2CCCC(S(C)(=O)=O)C2)cc1CN. The van der Waals surface area contributed by atoms with E-state index in [1.54, 1.807) is 0 Å². The molecule has 2 atom stereocenters. The average Bonchev–Trinajstić information content (AvgIpc) is 2.70. The zero-order valence-electron chi connectivity index (χ0n) is 11.0. The van der Waals surface area contributed by atoms with Gasteiger partial charge in [0.2, 0.25) is 0 Å². The van der Waals surface area contributed by atoms with Gasteiger partial charge in [-0.3, -0.25) is 4.68 Å². The molecule has 0 bridgehead atoms. The van der Waals surface area contributed by atoms with Crippen LogP contribution in [0.3, 0.4) is 0 Å². The van der Waals surface area contributed by atoms with E-state index in [4.69, 9.17) is 5.73 Å². The van der Waals surface area contributed by atoms with Crippen LogP contribution in [0.4, 0.5) is 0 Å². The quantitative estimate of drug-likeness (QED) is 0.895. The summed E-state index contributed by atoms with van der Waals surface area (Å²) in [6.45, 7) is 2.42. The summed E-state index contributed by atoms with van der Waals surface area (Å²) < 4.78 is 25.2. The highest BCUT2D eigenvalue weighted by atomic mass is 32.2. The van der Waals surface area contributed by atoms with Gasteiger partial charge in [0, 0.05) is 24.6 Å². The number of nitrogens with zero attached hydrogens (tertiary/aromatic N) is 2. The number of rotatable bonds is 3. The highest BCUT2D eigenvalue weighted by Crippen LogP contribution is 2.31. The molecule has 1 aromatic rings. The number of hydrogen-bond donors (Lipinski definition) is 1. The predicted octanol–water partition coefficient (Wildman–Crippen LogP) is 1.18. The topological polar surface area (TPSA) is 78.0 Å². The standard InChI is InChI=1S/C12H21N3O2S/c1-9-10(7-13)8-15(14-9)11-4-3-5-12(6-11)18(2,16)17/h8,11-12H,3-7,13H2,1-2H3. The summed E-state index contributed by atoms with van der Waals surface area (Å²) in [4.78, 5) is 0. The molecule has 0 aliphatic heterocycles. The Labute approximate surface area is 108 Å². The number of hydrogen-bond acceptors (Lipinski definition) is 4. The van der Waals surface area contributed by atoms with Gasteiger partial charge in [0.05, 0.1) is 17.0 Å². The van der Waals surface area contributed by atoms with Crippen molar-refractivity contribution in [3.63, 3.8) is 0 Å². The van der Waals surface area contributed by atoms with Crippen molar-refractivity contribution in [3.8, 4) is 0 Å². The number of aryl methyl sites for hydroxylation is 1. The third-order valence-electron chi connectivity index (χ3n) is 3.82. The van der Waals surface area contributed by atoms with E-state index in [-0.39, 0.29) is 11.3 Å². The Balaban J connectivity index is 2.18. The maximum Gasteiger partial charge on any atom is 0.150 e. The Bertz CT molecular complexity index is 521. The summed E-state index contributed by atoms with van der Waals surface area (Å²) >= 11 is 0. The van der Waals surface area contributed by atoms with E-state index in [2.05, 4.69) is 5.10 Å². The molecule has 1 aliphatic carbocycles. The lowest BCUT2D eigenvalue weighted by Crippen LogP contribution is -2.29. The Morgan fingerprint density at radius 1 is 1.50 bits per heavy atom. The van der Waals surface area contributed by atoms with Crippen molar-refractivity contribution in [2.75, 3.05) is 6.26 Å². The minimum atomic E-state index is -2.94. The summed E-state index contributed by atoms with van der Waals surface area (Å²) in [5, 5.41) is 4.24. The highest BCUT2D eigenvalue weighted by molar-refractivity contribution is 7.91. The molecule has 0 aromatic carbocycles. The van der Waals surface area contributed by atoms with Crippen LogP contribution in [0.15, 0.2) is 6.20 Å². The third-order valence-corrected chi connectivity index (χ3v) is 5.46. The van der Waals surface area contributed by atoms with E-state index >= 15 is 0 Å². The van der Waals surface area contributed by atoms with Crippen LogP contribution in [0.1, 0.15) is 43.0 Å². The van der Waals surface area contributed by atoms with Gasteiger partial charge in [-0.05, 0) is 26.2 Å². The molecule has 6 heteroatoms. The molecule has 18 heavy (non-hydrogen) atoms. The minimum absolute atomic E-state index is 0.192. The maximum atomic E-state index is 11.6. The summed E-state index contributed by atoms with van der Waals surface area (Å²) in [5.41, 5.74) is 7.62. The normalized spacial score (nSPS) is 25.3. The molecule has 0 radical (unpaired) electrons. The predicted molar refractivity (Wildman–Crippen MR) is 71.0 cm³/mol. The molecule has 5 nitrogen and oxygen atoms in total. The second kappa shape index (κ2) is 5.01. The van der Waals surface area contributed by atoms with E-state index in [1.807, 2.05) is 17.8 Å². The summed E-state index contributed by atoms with van der Waals surface area (Å²) in [5.74, 6) is 0. The first-order chi connectivity index (χ1) is 8.41. The van der Waals surface area contributed by atoms with E-state index < -0.39 is 9.84 Å². The second-order valence-corrected chi connectivity index (χ2v) is 7.52. The first-order valence-electron chi connectivity index (χ1n) is 6.35. The fourth-order valence-corrected chi connectivity index (χ4v) is 3.82. The smallest absolute Gasteiger partial charge is 0.150 e. The van der Waals surface area contributed by atoms with E-state index in [1.165, 1.54) is 6.26 Å². The molecule has 0 saturated heterocycles. The lowest BCUT2D eigenvalue weighted by atomic mass is 9.95. The van der Waals surface area contributed by atoms with Gasteiger partial charge >= 0.3 is 0 Å². The van der Waals surface area contributed by atoms with Crippen molar-refractivity contribution in [2.45, 2.75) is 50.4 Å². The molecule has 1 aliphatic rings. The third kappa shape index (κ3) is 2.75. The molecule has 2 unspecified atom stereocenters. The average molecular weight is 271 g/mol. The summed E-state index contributed by atoms with van der Waals surface area (Å²) in [6.07, 6.45) is 6.68. The molecule has 1 heterocycles. The first-order valence-corrected chi connectivity index (χ1v) is 8.31. The van der Waals surface area contributed by atoms with Gasteiger partial charge in [-0.15, -0.1) is 0 Å². The van der Waals surface area contributed by atoms with Crippen LogP contribution in [0.2, 0.25) is 0 Å². The van der Waals surface area contributed by atoms with E-state index in [0.717, 1.165) is 30.5 Å². The minimum Gasteiger partial charge on any atom is -0.326 e. The number of nitrogens with two attached hydrogens (primary N) is 1. The van der Waals surface area contributed by atoms with Crippen molar-refractivity contribution in [3.05, 3.63) is 17.5 Å². The first kappa shape index (κ1) is 13.5. The van der Waals surface area contributed by atoms with Crippen LogP contribution in [0, 0.1) is 6.92 Å². The lowest BCUT2D eigenvalue weighted by molar-refractivity contribution is 0.328. The molecular formula is C12H21N3O2S. The Hall–Kier alpha value is -0.880. The largest absolute Gasteiger partial charge is 0.326 e. The van der Waals surface area contributed by atoms with Gasteiger partial charge in [-0.25, -0.2) is 8.42 Å². The zero-order chi connectivity index (χ0) is 13.3. The lowest BCUT2D eigenvalue weighted by Gasteiger charge is -2.28. The van der Waals surface area contributed by atoms with Crippen molar-refractivity contribution >= 4 is 9.84 Å². The van der Waals surface area contributed by atoms with Gasteiger partial charge in [0.15, 0.2) is 0 Å².